The summed E-state index contributed by atoms with van der Waals surface area (Å²) in [6.45, 7) is 5.89. The number of rotatable bonds is 3. The highest BCUT2D eigenvalue weighted by Crippen LogP contribution is 2.39. The fourth-order valence-corrected chi connectivity index (χ4v) is 2.00. The first-order valence-corrected chi connectivity index (χ1v) is 7.22. The second-order valence-electron chi connectivity index (χ2n) is 5.27. The molecule has 1 heterocycles. The SMILES string of the molecule is CC#CC#CC#CC(=O)NCCc1ccc2c(c1)OC(C)(C)O2. The van der Waals surface area contributed by atoms with Gasteiger partial charge in [-0.15, -0.1) is 0 Å². The average molecular weight is 307 g/mol. The maximum absolute atomic E-state index is 11.5. The van der Waals surface area contributed by atoms with E-state index in [9.17, 15) is 4.79 Å². The van der Waals surface area contributed by atoms with Gasteiger partial charge in [0.25, 0.3) is 5.91 Å². The Labute approximate surface area is 136 Å². The van der Waals surface area contributed by atoms with Crippen LogP contribution < -0.4 is 14.8 Å². The van der Waals surface area contributed by atoms with Crippen LogP contribution in [0.5, 0.6) is 11.5 Å². The van der Waals surface area contributed by atoms with Crippen molar-refractivity contribution in [2.45, 2.75) is 33.0 Å². The van der Waals surface area contributed by atoms with Gasteiger partial charge in [0.15, 0.2) is 11.5 Å². The van der Waals surface area contributed by atoms with Crippen LogP contribution >= 0.6 is 0 Å². The number of hydrogen-bond donors (Lipinski definition) is 1. The van der Waals surface area contributed by atoms with Crippen LogP contribution in [0.1, 0.15) is 26.3 Å². The van der Waals surface area contributed by atoms with E-state index in [2.05, 4.69) is 40.8 Å². The zero-order valence-electron chi connectivity index (χ0n) is 13.4. The monoisotopic (exact) mass is 307 g/mol. The lowest BCUT2D eigenvalue weighted by atomic mass is 10.1. The van der Waals surface area contributed by atoms with Crippen molar-refractivity contribution in [3.8, 4) is 47.0 Å². The second-order valence-corrected chi connectivity index (χ2v) is 5.27. The molecule has 0 spiro atoms. The number of benzene rings is 1. The summed E-state index contributed by atoms with van der Waals surface area (Å²) in [5, 5.41) is 2.72. The Morgan fingerprint density at radius 3 is 2.65 bits per heavy atom. The average Bonchev–Trinajstić information content (AvgIpc) is 2.80. The van der Waals surface area contributed by atoms with Crippen molar-refractivity contribution in [1.29, 1.82) is 0 Å². The zero-order valence-corrected chi connectivity index (χ0v) is 13.4. The normalized spacial score (nSPS) is 12.7. The summed E-state index contributed by atoms with van der Waals surface area (Å²) in [7, 11) is 0. The molecule has 0 aromatic heterocycles. The molecule has 0 saturated heterocycles. The summed E-state index contributed by atoms with van der Waals surface area (Å²) < 4.78 is 11.3. The summed E-state index contributed by atoms with van der Waals surface area (Å²) in [4.78, 5) is 11.5. The molecule has 0 saturated carbocycles. The third-order valence-electron chi connectivity index (χ3n) is 2.91. The molecule has 1 aromatic carbocycles. The highest BCUT2D eigenvalue weighted by atomic mass is 16.7. The number of hydrogen-bond acceptors (Lipinski definition) is 3. The molecule has 0 fully saturated rings. The van der Waals surface area contributed by atoms with Crippen LogP contribution in [0.2, 0.25) is 0 Å². The number of fused-ring (bicyclic) bond motifs is 1. The lowest BCUT2D eigenvalue weighted by Crippen LogP contribution is -2.29. The van der Waals surface area contributed by atoms with Crippen molar-refractivity contribution in [3.05, 3.63) is 23.8 Å². The molecule has 1 aliphatic rings. The largest absolute Gasteiger partial charge is 0.449 e. The highest BCUT2D eigenvalue weighted by Gasteiger charge is 2.31. The summed E-state index contributed by atoms with van der Waals surface area (Å²) in [6.07, 6.45) is 0.678. The van der Waals surface area contributed by atoms with Crippen LogP contribution in [0.15, 0.2) is 18.2 Å². The number of nitrogens with one attached hydrogen (secondary N) is 1. The minimum absolute atomic E-state index is 0.356. The first-order chi connectivity index (χ1) is 11.0. The van der Waals surface area contributed by atoms with E-state index in [0.717, 1.165) is 17.1 Å². The predicted octanol–water partition coefficient (Wildman–Crippen LogP) is 1.88. The van der Waals surface area contributed by atoms with E-state index >= 15 is 0 Å². The molecule has 1 N–H and O–H groups in total. The van der Waals surface area contributed by atoms with Crippen LogP contribution in [-0.2, 0) is 11.2 Å². The van der Waals surface area contributed by atoms with Gasteiger partial charge >= 0.3 is 0 Å². The van der Waals surface area contributed by atoms with Crippen LogP contribution in [0.3, 0.4) is 0 Å². The summed E-state index contributed by atoms with van der Waals surface area (Å²) in [6, 6.07) is 5.76. The molecule has 0 bridgehead atoms. The molecule has 0 radical (unpaired) electrons. The standard InChI is InChI=1S/C19H17NO3/c1-4-5-6-7-8-9-18(21)20-13-12-15-10-11-16-17(14-15)23-19(2,3)22-16/h10-11,14H,12-13H2,1-3H3,(H,20,21). The van der Waals surface area contributed by atoms with Crippen molar-refractivity contribution in [2.24, 2.45) is 0 Å². The minimum Gasteiger partial charge on any atom is -0.449 e. The van der Waals surface area contributed by atoms with Gasteiger partial charge in [-0.1, -0.05) is 12.0 Å². The van der Waals surface area contributed by atoms with Crippen molar-refractivity contribution in [2.75, 3.05) is 6.54 Å². The molecule has 116 valence electrons. The number of carbonyl (C=O) groups excluding carboxylic acids is 1. The van der Waals surface area contributed by atoms with E-state index in [1.165, 1.54) is 0 Å². The molecule has 1 amide bonds. The molecule has 1 aromatic rings. The van der Waals surface area contributed by atoms with E-state index in [0.29, 0.717) is 13.0 Å². The Hall–Kier alpha value is -3.03. The predicted molar refractivity (Wildman–Crippen MR) is 87.5 cm³/mol. The molecule has 4 heteroatoms. The Balaban J connectivity index is 1.83. The van der Waals surface area contributed by atoms with Gasteiger partial charge in [-0.05, 0) is 54.7 Å². The van der Waals surface area contributed by atoms with Crippen LogP contribution in [-0.4, -0.2) is 18.2 Å². The van der Waals surface area contributed by atoms with Crippen molar-refractivity contribution >= 4 is 5.91 Å². The van der Waals surface area contributed by atoms with Crippen molar-refractivity contribution in [1.82, 2.24) is 5.32 Å². The van der Waals surface area contributed by atoms with Crippen molar-refractivity contribution in [3.63, 3.8) is 0 Å². The van der Waals surface area contributed by atoms with Gasteiger partial charge in [0.2, 0.25) is 5.79 Å². The first kappa shape index (κ1) is 16.3. The molecule has 0 aliphatic carbocycles. The smallest absolute Gasteiger partial charge is 0.296 e. The highest BCUT2D eigenvalue weighted by molar-refractivity contribution is 5.94. The lowest BCUT2D eigenvalue weighted by Gasteiger charge is -2.16. The van der Waals surface area contributed by atoms with E-state index in [4.69, 9.17) is 9.47 Å². The Morgan fingerprint density at radius 2 is 1.87 bits per heavy atom. The maximum atomic E-state index is 11.5. The van der Waals surface area contributed by atoms with Gasteiger partial charge < -0.3 is 14.8 Å². The molecular weight excluding hydrogens is 290 g/mol. The topological polar surface area (TPSA) is 47.6 Å². The number of carbonyl (C=O) groups is 1. The zero-order chi connectivity index (χ0) is 16.7. The first-order valence-electron chi connectivity index (χ1n) is 7.22. The van der Waals surface area contributed by atoms with E-state index in [1.54, 1.807) is 6.92 Å². The third-order valence-corrected chi connectivity index (χ3v) is 2.91. The minimum atomic E-state index is -0.631. The van der Waals surface area contributed by atoms with Gasteiger partial charge in [0.05, 0.1) is 0 Å². The second kappa shape index (κ2) is 7.30. The molecule has 2 rings (SSSR count). The van der Waals surface area contributed by atoms with Crippen LogP contribution in [0, 0.1) is 35.5 Å². The summed E-state index contributed by atoms with van der Waals surface area (Å²) >= 11 is 0. The van der Waals surface area contributed by atoms with Gasteiger partial charge in [0, 0.05) is 26.3 Å². The number of amides is 1. The molecule has 0 atom stereocenters. The Kier molecular flexibility index (Phi) is 5.19. The van der Waals surface area contributed by atoms with E-state index < -0.39 is 5.79 Å². The fraction of sp³-hybridized carbons (Fsp3) is 0.316. The summed E-state index contributed by atoms with van der Waals surface area (Å²) in [5.41, 5.74) is 1.05. The van der Waals surface area contributed by atoms with Gasteiger partial charge in [-0.2, -0.15) is 0 Å². The van der Waals surface area contributed by atoms with E-state index in [-0.39, 0.29) is 5.91 Å². The third kappa shape index (κ3) is 5.03. The quantitative estimate of drug-likeness (QED) is 0.868. The fourth-order valence-electron chi connectivity index (χ4n) is 2.00. The molecule has 0 unspecified atom stereocenters. The Morgan fingerprint density at radius 1 is 1.13 bits per heavy atom. The molecule has 23 heavy (non-hydrogen) atoms. The molecular formula is C19H17NO3. The summed E-state index contributed by atoms with van der Waals surface area (Å²) in [5.74, 6) is 15.5. The molecule has 4 nitrogen and oxygen atoms in total. The Bertz CT molecular complexity index is 789. The van der Waals surface area contributed by atoms with E-state index in [1.807, 2.05) is 32.0 Å². The van der Waals surface area contributed by atoms with Gasteiger partial charge in [-0.25, -0.2) is 0 Å². The van der Waals surface area contributed by atoms with Crippen molar-refractivity contribution < 1.29 is 14.3 Å². The van der Waals surface area contributed by atoms with Gasteiger partial charge in [0.1, 0.15) is 0 Å². The van der Waals surface area contributed by atoms with Crippen LogP contribution in [0.4, 0.5) is 0 Å². The van der Waals surface area contributed by atoms with Crippen LogP contribution in [0.25, 0.3) is 0 Å². The lowest BCUT2D eigenvalue weighted by molar-refractivity contribution is -0.115. The maximum Gasteiger partial charge on any atom is 0.296 e. The number of ether oxygens (including phenoxy) is 2. The molecule has 1 aliphatic heterocycles. The van der Waals surface area contributed by atoms with Gasteiger partial charge in [-0.3, -0.25) is 4.79 Å².